The van der Waals surface area contributed by atoms with Gasteiger partial charge >= 0.3 is 0 Å². The molecule has 0 radical (unpaired) electrons. The molecular weight excluding hydrogens is 382 g/mol. The molecule has 0 aliphatic carbocycles. The quantitative estimate of drug-likeness (QED) is 0.429. The van der Waals surface area contributed by atoms with E-state index in [1.807, 2.05) is 37.5 Å². The van der Waals surface area contributed by atoms with E-state index in [0.717, 1.165) is 24.0 Å². The highest BCUT2D eigenvalue weighted by molar-refractivity contribution is 5.94. The molecule has 0 aliphatic rings. The molecule has 2 aromatic heterocycles. The minimum atomic E-state index is -0.130. The zero-order valence-corrected chi connectivity index (χ0v) is 16.7. The molecule has 2 heterocycles. The monoisotopic (exact) mass is 405 g/mol. The van der Waals surface area contributed by atoms with E-state index in [9.17, 15) is 4.79 Å². The summed E-state index contributed by atoms with van der Waals surface area (Å²) in [5.74, 6) is 1.10. The van der Waals surface area contributed by atoms with E-state index >= 15 is 0 Å². The first kappa shape index (κ1) is 19.6. The smallest absolute Gasteiger partial charge is 0.251 e. The average Bonchev–Trinajstić information content (AvgIpc) is 3.42. The van der Waals surface area contributed by atoms with Crippen molar-refractivity contribution < 1.29 is 9.53 Å². The number of hydrogen-bond acceptors (Lipinski definition) is 6. The second kappa shape index (κ2) is 9.17. The highest BCUT2D eigenvalue weighted by atomic mass is 16.5. The van der Waals surface area contributed by atoms with Gasteiger partial charge in [-0.15, -0.1) is 5.10 Å². The van der Waals surface area contributed by atoms with Crippen molar-refractivity contribution in [1.29, 1.82) is 0 Å². The van der Waals surface area contributed by atoms with Gasteiger partial charge in [0.05, 0.1) is 17.4 Å². The number of rotatable bonds is 9. The summed E-state index contributed by atoms with van der Waals surface area (Å²) in [6.07, 6.45) is 2.64. The van der Waals surface area contributed by atoms with Crippen molar-refractivity contribution in [1.82, 2.24) is 35.1 Å². The highest BCUT2D eigenvalue weighted by Gasteiger charge is 2.09. The first-order chi connectivity index (χ1) is 14.7. The Kier molecular flexibility index (Phi) is 5.98. The van der Waals surface area contributed by atoms with Crippen LogP contribution in [0.5, 0.6) is 5.75 Å². The maximum Gasteiger partial charge on any atom is 0.251 e. The Hall–Kier alpha value is -3.75. The van der Waals surface area contributed by atoms with E-state index < -0.39 is 0 Å². The lowest BCUT2D eigenvalue weighted by Gasteiger charge is -2.09. The lowest BCUT2D eigenvalue weighted by Crippen LogP contribution is -2.25. The maximum atomic E-state index is 12.5. The minimum absolute atomic E-state index is 0.130. The summed E-state index contributed by atoms with van der Waals surface area (Å²) in [6, 6.07) is 15.1. The molecule has 0 bridgehead atoms. The van der Waals surface area contributed by atoms with Gasteiger partial charge in [0, 0.05) is 25.2 Å². The van der Waals surface area contributed by atoms with E-state index in [1.165, 1.54) is 0 Å². The number of nitrogens with zero attached hydrogens (tertiary/aromatic N) is 6. The Bertz CT molecular complexity index is 1140. The van der Waals surface area contributed by atoms with Crippen LogP contribution in [0.3, 0.4) is 0 Å². The van der Waals surface area contributed by atoms with Crippen LogP contribution in [0.1, 0.15) is 29.5 Å². The Morgan fingerprint density at radius 1 is 1.17 bits per heavy atom. The van der Waals surface area contributed by atoms with Crippen LogP contribution in [0.4, 0.5) is 0 Å². The molecule has 30 heavy (non-hydrogen) atoms. The van der Waals surface area contributed by atoms with Gasteiger partial charge in [-0.2, -0.15) is 0 Å². The molecular formula is C21H23N7O2. The van der Waals surface area contributed by atoms with E-state index in [4.69, 9.17) is 4.74 Å². The van der Waals surface area contributed by atoms with E-state index in [0.29, 0.717) is 30.2 Å². The van der Waals surface area contributed by atoms with E-state index in [1.54, 1.807) is 28.9 Å². The zero-order valence-electron chi connectivity index (χ0n) is 16.7. The van der Waals surface area contributed by atoms with Gasteiger partial charge < -0.3 is 14.6 Å². The first-order valence-corrected chi connectivity index (χ1v) is 9.90. The summed E-state index contributed by atoms with van der Waals surface area (Å²) >= 11 is 0. The van der Waals surface area contributed by atoms with Gasteiger partial charge in [0.2, 0.25) is 0 Å². The zero-order chi connectivity index (χ0) is 20.8. The van der Waals surface area contributed by atoms with Crippen LogP contribution in [0.15, 0.2) is 54.9 Å². The third kappa shape index (κ3) is 4.45. The molecule has 4 aromatic rings. The van der Waals surface area contributed by atoms with Crippen molar-refractivity contribution in [2.45, 2.75) is 33.0 Å². The van der Waals surface area contributed by atoms with Gasteiger partial charge in [0.25, 0.3) is 5.91 Å². The van der Waals surface area contributed by atoms with Crippen LogP contribution >= 0.6 is 0 Å². The molecule has 1 N–H and O–H groups in total. The Labute approximate surface area is 173 Å². The molecule has 0 spiro atoms. The van der Waals surface area contributed by atoms with Crippen LogP contribution in [0, 0.1) is 0 Å². The number of imidazole rings is 1. The second-order valence-electron chi connectivity index (χ2n) is 6.76. The molecule has 0 unspecified atom stereocenters. The second-order valence-corrected chi connectivity index (χ2v) is 6.76. The van der Waals surface area contributed by atoms with Crippen molar-refractivity contribution >= 4 is 16.9 Å². The molecule has 9 heteroatoms. The predicted molar refractivity (Wildman–Crippen MR) is 111 cm³/mol. The van der Waals surface area contributed by atoms with Crippen LogP contribution in [0.25, 0.3) is 11.0 Å². The SMILES string of the molecule is CCn1nnnc1COc1cccc(C(=O)NCCCn2cnc3ccccc32)c1. The summed E-state index contributed by atoms with van der Waals surface area (Å²) in [7, 11) is 0. The summed E-state index contributed by atoms with van der Waals surface area (Å²) in [5.41, 5.74) is 2.63. The predicted octanol–water partition coefficient (Wildman–Crippen LogP) is 2.44. The number of tetrazole rings is 1. The van der Waals surface area contributed by atoms with Crippen molar-refractivity contribution in [2.75, 3.05) is 6.54 Å². The number of aryl methyl sites for hydroxylation is 2. The standard InChI is InChI=1S/C21H23N7O2/c1-2-28-20(24-25-26-28)14-30-17-8-5-7-16(13-17)21(29)22-11-6-12-27-15-23-18-9-3-4-10-19(18)27/h3-5,7-10,13,15H,2,6,11-12,14H2,1H3,(H,22,29). The molecule has 0 aliphatic heterocycles. The number of ether oxygens (including phenoxy) is 1. The van der Waals surface area contributed by atoms with Gasteiger partial charge in [-0.3, -0.25) is 4.79 Å². The third-order valence-electron chi connectivity index (χ3n) is 4.76. The van der Waals surface area contributed by atoms with Gasteiger partial charge in [-0.25, -0.2) is 9.67 Å². The third-order valence-corrected chi connectivity index (χ3v) is 4.76. The van der Waals surface area contributed by atoms with Crippen molar-refractivity contribution in [3.8, 4) is 5.75 Å². The lowest BCUT2D eigenvalue weighted by molar-refractivity contribution is 0.0952. The van der Waals surface area contributed by atoms with Gasteiger partial charge in [-0.05, 0) is 54.1 Å². The summed E-state index contributed by atoms with van der Waals surface area (Å²) in [5, 5.41) is 14.4. The van der Waals surface area contributed by atoms with Crippen LogP contribution in [0.2, 0.25) is 0 Å². The van der Waals surface area contributed by atoms with Gasteiger partial charge in [0.1, 0.15) is 12.4 Å². The molecule has 4 rings (SSSR count). The fraction of sp³-hybridized carbons (Fsp3) is 0.286. The minimum Gasteiger partial charge on any atom is -0.486 e. The molecule has 0 atom stereocenters. The summed E-state index contributed by atoms with van der Waals surface area (Å²) in [6.45, 7) is 4.23. The molecule has 1 amide bonds. The molecule has 9 nitrogen and oxygen atoms in total. The summed E-state index contributed by atoms with van der Waals surface area (Å²) in [4.78, 5) is 16.9. The highest BCUT2D eigenvalue weighted by Crippen LogP contribution is 2.15. The molecule has 0 saturated carbocycles. The number of carbonyl (C=O) groups is 1. The normalized spacial score (nSPS) is 11.0. The first-order valence-electron chi connectivity index (χ1n) is 9.90. The largest absolute Gasteiger partial charge is 0.486 e. The Morgan fingerprint density at radius 2 is 2.07 bits per heavy atom. The number of para-hydroxylation sites is 2. The fourth-order valence-corrected chi connectivity index (χ4v) is 3.19. The number of amides is 1. The van der Waals surface area contributed by atoms with Crippen molar-refractivity contribution in [2.24, 2.45) is 0 Å². The molecule has 0 saturated heterocycles. The van der Waals surface area contributed by atoms with Crippen LogP contribution in [-0.4, -0.2) is 42.2 Å². The molecule has 2 aromatic carbocycles. The molecule has 0 fully saturated rings. The number of aromatic nitrogens is 6. The number of benzene rings is 2. The van der Waals surface area contributed by atoms with E-state index in [2.05, 4.69) is 30.4 Å². The number of fused-ring (bicyclic) bond motifs is 1. The lowest BCUT2D eigenvalue weighted by atomic mass is 10.2. The van der Waals surface area contributed by atoms with Gasteiger partial charge in [-0.1, -0.05) is 18.2 Å². The number of carbonyl (C=O) groups excluding carboxylic acids is 1. The number of nitrogens with one attached hydrogen (secondary N) is 1. The van der Waals surface area contributed by atoms with Crippen molar-refractivity contribution in [3.63, 3.8) is 0 Å². The fourth-order valence-electron chi connectivity index (χ4n) is 3.19. The Balaban J connectivity index is 1.27. The maximum absolute atomic E-state index is 12.5. The topological polar surface area (TPSA) is 99.8 Å². The molecule has 154 valence electrons. The van der Waals surface area contributed by atoms with Gasteiger partial charge in [0.15, 0.2) is 5.82 Å². The number of hydrogen-bond donors (Lipinski definition) is 1. The van der Waals surface area contributed by atoms with E-state index in [-0.39, 0.29) is 12.5 Å². The van der Waals surface area contributed by atoms with Crippen molar-refractivity contribution in [3.05, 3.63) is 66.2 Å². The van der Waals surface area contributed by atoms with Crippen LogP contribution in [-0.2, 0) is 19.7 Å². The van der Waals surface area contributed by atoms with Crippen LogP contribution < -0.4 is 10.1 Å². The average molecular weight is 405 g/mol. The Morgan fingerprint density at radius 3 is 2.97 bits per heavy atom. The summed E-state index contributed by atoms with van der Waals surface area (Å²) < 4.78 is 9.51.